The zero-order valence-electron chi connectivity index (χ0n) is 16.3. The molecule has 0 aliphatic rings. The molecule has 0 aliphatic heterocycles. The van der Waals surface area contributed by atoms with Crippen molar-refractivity contribution >= 4 is 18.3 Å². The molecule has 0 aliphatic carbocycles. The Hall–Kier alpha value is -2.63. The number of hydrogen-bond donors (Lipinski definition) is 2. The Bertz CT molecular complexity index is 901. The van der Waals surface area contributed by atoms with Crippen LogP contribution in [0.1, 0.15) is 33.5 Å². The average Bonchev–Trinajstić information content (AvgIpc) is 3.08. The highest BCUT2D eigenvalue weighted by Gasteiger charge is 2.18. The zero-order valence-corrected chi connectivity index (χ0v) is 17.1. The van der Waals surface area contributed by atoms with Crippen molar-refractivity contribution in [3.8, 4) is 11.3 Å². The van der Waals surface area contributed by atoms with E-state index in [4.69, 9.17) is 10.8 Å². The number of carbonyl (C=O) groups excluding carboxylic acids is 1. The number of nitrogens with zero attached hydrogens (tertiary/aromatic N) is 2. The van der Waals surface area contributed by atoms with Gasteiger partial charge in [-0.1, -0.05) is 59.7 Å². The predicted octanol–water partition coefficient (Wildman–Crippen LogP) is 3.72. The Morgan fingerprint density at radius 3 is 2.25 bits per heavy atom. The summed E-state index contributed by atoms with van der Waals surface area (Å²) in [4.78, 5) is 12.7. The zero-order chi connectivity index (χ0) is 19.2. The number of nitrogens with two attached hydrogens (primary N) is 1. The second kappa shape index (κ2) is 10.1. The lowest BCUT2D eigenvalue weighted by molar-refractivity contribution is 0.0954. The molecule has 1 amide bonds. The van der Waals surface area contributed by atoms with Crippen molar-refractivity contribution in [2.75, 3.05) is 13.1 Å². The van der Waals surface area contributed by atoms with E-state index < -0.39 is 0 Å². The van der Waals surface area contributed by atoms with E-state index >= 15 is 0 Å². The highest BCUT2D eigenvalue weighted by molar-refractivity contribution is 5.99. The van der Waals surface area contributed by atoms with Crippen LogP contribution < -0.4 is 11.1 Å². The van der Waals surface area contributed by atoms with Crippen molar-refractivity contribution in [2.24, 2.45) is 5.73 Å². The van der Waals surface area contributed by atoms with Crippen LogP contribution in [0.4, 0.5) is 0 Å². The van der Waals surface area contributed by atoms with Gasteiger partial charge in [0, 0.05) is 18.3 Å². The maximum Gasteiger partial charge on any atom is 0.255 e. The lowest BCUT2D eigenvalue weighted by atomic mass is 10.1. The molecule has 0 radical (unpaired) electrons. The molecule has 0 saturated heterocycles. The first-order chi connectivity index (χ1) is 13.1. The van der Waals surface area contributed by atoms with Gasteiger partial charge in [-0.3, -0.25) is 9.48 Å². The quantitative estimate of drug-likeness (QED) is 0.596. The van der Waals surface area contributed by atoms with Crippen molar-refractivity contribution < 1.29 is 4.79 Å². The molecule has 3 aromatic rings. The van der Waals surface area contributed by atoms with Gasteiger partial charge in [-0.05, 0) is 32.4 Å². The summed E-state index contributed by atoms with van der Waals surface area (Å²) in [7, 11) is 0. The third-order valence-electron chi connectivity index (χ3n) is 4.46. The van der Waals surface area contributed by atoms with Gasteiger partial charge in [0.25, 0.3) is 5.91 Å². The third-order valence-corrected chi connectivity index (χ3v) is 4.46. The first-order valence-electron chi connectivity index (χ1n) is 9.25. The van der Waals surface area contributed by atoms with Crippen molar-refractivity contribution in [2.45, 2.75) is 26.8 Å². The van der Waals surface area contributed by atoms with E-state index in [1.54, 1.807) is 0 Å². The van der Waals surface area contributed by atoms with Gasteiger partial charge in [-0.15, -0.1) is 12.4 Å². The Balaban J connectivity index is 0.00000280. The lowest BCUT2D eigenvalue weighted by Crippen LogP contribution is -2.26. The summed E-state index contributed by atoms with van der Waals surface area (Å²) >= 11 is 0. The molecule has 148 valence electrons. The van der Waals surface area contributed by atoms with Gasteiger partial charge in [0.05, 0.1) is 12.1 Å². The van der Waals surface area contributed by atoms with Gasteiger partial charge in [0.15, 0.2) is 0 Å². The Labute approximate surface area is 172 Å². The molecular weight excluding hydrogens is 372 g/mol. The molecule has 3 N–H and O–H groups in total. The second-order valence-electron chi connectivity index (χ2n) is 6.84. The molecule has 0 saturated carbocycles. The molecule has 0 atom stereocenters. The lowest BCUT2D eigenvalue weighted by Gasteiger charge is -2.05. The fourth-order valence-electron chi connectivity index (χ4n) is 2.87. The Morgan fingerprint density at radius 2 is 1.64 bits per heavy atom. The van der Waals surface area contributed by atoms with Gasteiger partial charge >= 0.3 is 0 Å². The smallest absolute Gasteiger partial charge is 0.255 e. The molecule has 0 bridgehead atoms. The summed E-state index contributed by atoms with van der Waals surface area (Å²) < 4.78 is 1.83. The van der Waals surface area contributed by atoms with E-state index in [1.165, 1.54) is 11.1 Å². The maximum absolute atomic E-state index is 12.7. The number of nitrogens with one attached hydrogen (secondary N) is 1. The number of carbonyl (C=O) groups is 1. The number of rotatable bonds is 7. The van der Waals surface area contributed by atoms with Crippen LogP contribution in [-0.4, -0.2) is 28.8 Å². The van der Waals surface area contributed by atoms with Gasteiger partial charge < -0.3 is 11.1 Å². The first kappa shape index (κ1) is 21.7. The number of aryl methyl sites for hydroxylation is 2. The molecule has 2 aromatic carbocycles. The van der Waals surface area contributed by atoms with Crippen LogP contribution in [0.5, 0.6) is 0 Å². The second-order valence-corrected chi connectivity index (χ2v) is 6.84. The number of benzene rings is 2. The summed E-state index contributed by atoms with van der Waals surface area (Å²) in [5.41, 5.74) is 11.3. The van der Waals surface area contributed by atoms with Gasteiger partial charge in [-0.2, -0.15) is 5.10 Å². The average molecular weight is 399 g/mol. The Morgan fingerprint density at radius 1 is 1.04 bits per heavy atom. The summed E-state index contributed by atoms with van der Waals surface area (Å²) in [6.07, 6.45) is 2.58. The van der Waals surface area contributed by atoms with E-state index in [-0.39, 0.29) is 18.3 Å². The van der Waals surface area contributed by atoms with Gasteiger partial charge in [0.1, 0.15) is 5.69 Å². The van der Waals surface area contributed by atoms with Crippen LogP contribution in [0, 0.1) is 13.8 Å². The molecule has 5 nitrogen and oxygen atoms in total. The van der Waals surface area contributed by atoms with Crippen LogP contribution in [0.3, 0.4) is 0 Å². The minimum atomic E-state index is -0.116. The van der Waals surface area contributed by atoms with Crippen molar-refractivity contribution in [1.82, 2.24) is 15.1 Å². The van der Waals surface area contributed by atoms with E-state index in [0.717, 1.165) is 17.5 Å². The molecule has 28 heavy (non-hydrogen) atoms. The number of amides is 1. The summed E-state index contributed by atoms with van der Waals surface area (Å²) in [6, 6.07) is 16.4. The molecule has 0 spiro atoms. The summed E-state index contributed by atoms with van der Waals surface area (Å²) in [5.74, 6) is -0.116. The number of hydrogen-bond acceptors (Lipinski definition) is 3. The fraction of sp³-hybridized carbons (Fsp3) is 0.273. The fourth-order valence-corrected chi connectivity index (χ4v) is 2.87. The van der Waals surface area contributed by atoms with Crippen LogP contribution >= 0.6 is 12.4 Å². The standard InChI is InChI=1S/C22H26N4O.ClH/c1-16-4-8-18(9-5-16)14-26-15-20(22(27)24-13-3-12-23)21(25-26)19-10-6-17(2)7-11-19;/h4-11,15H,3,12-14,23H2,1-2H3,(H,24,27);1H. The highest BCUT2D eigenvalue weighted by Crippen LogP contribution is 2.23. The molecular formula is C22H27ClN4O. The molecule has 1 aromatic heterocycles. The largest absolute Gasteiger partial charge is 0.352 e. The van der Waals surface area contributed by atoms with Crippen LogP contribution in [-0.2, 0) is 6.54 Å². The van der Waals surface area contributed by atoms with Crippen molar-refractivity contribution in [3.05, 3.63) is 77.0 Å². The highest BCUT2D eigenvalue weighted by atomic mass is 35.5. The van der Waals surface area contributed by atoms with E-state index in [0.29, 0.717) is 30.9 Å². The molecule has 6 heteroatoms. The molecule has 3 rings (SSSR count). The normalized spacial score (nSPS) is 10.4. The maximum atomic E-state index is 12.7. The van der Waals surface area contributed by atoms with Gasteiger partial charge in [-0.25, -0.2) is 0 Å². The molecule has 0 unspecified atom stereocenters. The topological polar surface area (TPSA) is 72.9 Å². The van der Waals surface area contributed by atoms with Gasteiger partial charge in [0.2, 0.25) is 0 Å². The van der Waals surface area contributed by atoms with Crippen LogP contribution in [0.15, 0.2) is 54.7 Å². The van der Waals surface area contributed by atoms with Crippen LogP contribution in [0.2, 0.25) is 0 Å². The molecule has 1 heterocycles. The monoisotopic (exact) mass is 398 g/mol. The van der Waals surface area contributed by atoms with E-state index in [2.05, 4.69) is 36.5 Å². The van der Waals surface area contributed by atoms with Crippen LogP contribution in [0.25, 0.3) is 11.3 Å². The Kier molecular flexibility index (Phi) is 7.79. The van der Waals surface area contributed by atoms with E-state index in [1.807, 2.05) is 42.1 Å². The first-order valence-corrected chi connectivity index (χ1v) is 9.25. The number of halogens is 1. The third kappa shape index (κ3) is 5.44. The number of aromatic nitrogens is 2. The SMILES string of the molecule is Cc1ccc(Cn2cc(C(=O)NCCCN)c(-c3ccc(C)cc3)n2)cc1.Cl. The van der Waals surface area contributed by atoms with Crippen molar-refractivity contribution in [1.29, 1.82) is 0 Å². The molecule has 0 fully saturated rings. The summed E-state index contributed by atoms with van der Waals surface area (Å²) in [5, 5.41) is 7.64. The predicted molar refractivity (Wildman–Crippen MR) is 116 cm³/mol. The summed E-state index contributed by atoms with van der Waals surface area (Å²) in [6.45, 7) is 5.84. The minimum Gasteiger partial charge on any atom is -0.352 e. The minimum absolute atomic E-state index is 0. The van der Waals surface area contributed by atoms with E-state index in [9.17, 15) is 4.79 Å². The van der Waals surface area contributed by atoms with Crippen molar-refractivity contribution in [3.63, 3.8) is 0 Å².